The summed E-state index contributed by atoms with van der Waals surface area (Å²) in [5.74, 6) is 0.731. The molecule has 0 amide bonds. The number of rotatable bonds is 7. The molecule has 0 aliphatic heterocycles. The summed E-state index contributed by atoms with van der Waals surface area (Å²) >= 11 is 1.06. The number of hydrogen-bond acceptors (Lipinski definition) is 5. The van der Waals surface area contributed by atoms with E-state index in [1.54, 1.807) is 23.6 Å². The summed E-state index contributed by atoms with van der Waals surface area (Å²) in [7, 11) is -3.72. The maximum atomic E-state index is 12.7. The molecular formula is C20H24N2O4S2. The molecule has 150 valence electrons. The first-order valence-corrected chi connectivity index (χ1v) is 11.3. The summed E-state index contributed by atoms with van der Waals surface area (Å²) in [6.07, 6.45) is 0. The van der Waals surface area contributed by atoms with Crippen LogP contribution in [0.25, 0.3) is 10.2 Å². The smallest absolute Gasteiger partial charge is 0.308 e. The highest BCUT2D eigenvalue weighted by molar-refractivity contribution is 7.89. The van der Waals surface area contributed by atoms with E-state index in [1.165, 1.54) is 6.07 Å². The van der Waals surface area contributed by atoms with Crippen LogP contribution < -0.4 is 14.3 Å². The summed E-state index contributed by atoms with van der Waals surface area (Å²) < 4.78 is 36.2. The molecule has 1 atom stereocenters. The number of benzene rings is 2. The Hall–Kier alpha value is -2.16. The van der Waals surface area contributed by atoms with E-state index in [-0.39, 0.29) is 22.4 Å². The van der Waals surface area contributed by atoms with E-state index in [4.69, 9.17) is 4.74 Å². The van der Waals surface area contributed by atoms with Gasteiger partial charge in [-0.15, -0.1) is 0 Å². The highest BCUT2D eigenvalue weighted by Gasteiger charge is 2.20. The van der Waals surface area contributed by atoms with Gasteiger partial charge in [-0.2, -0.15) is 0 Å². The first-order chi connectivity index (χ1) is 13.2. The minimum Gasteiger partial charge on any atom is -0.492 e. The number of aromatic nitrogens is 1. The van der Waals surface area contributed by atoms with E-state index in [0.29, 0.717) is 4.70 Å². The fraction of sp³-hybridized carbons (Fsp3) is 0.350. The molecule has 3 aromatic rings. The fourth-order valence-corrected chi connectivity index (χ4v) is 5.35. The van der Waals surface area contributed by atoms with Gasteiger partial charge in [-0.1, -0.05) is 29.5 Å². The molecule has 0 aliphatic rings. The molecule has 0 saturated carbocycles. The van der Waals surface area contributed by atoms with Crippen molar-refractivity contribution in [3.8, 4) is 5.75 Å². The van der Waals surface area contributed by atoms with Crippen LogP contribution >= 0.6 is 11.3 Å². The molecule has 1 heterocycles. The van der Waals surface area contributed by atoms with Gasteiger partial charge in [0.15, 0.2) is 0 Å². The number of hydrogen-bond donors (Lipinski definition) is 1. The van der Waals surface area contributed by atoms with Crippen molar-refractivity contribution in [3.63, 3.8) is 0 Å². The highest BCUT2D eigenvalue weighted by Crippen LogP contribution is 2.24. The second kappa shape index (κ2) is 8.06. The van der Waals surface area contributed by atoms with Gasteiger partial charge in [-0.3, -0.25) is 9.36 Å². The summed E-state index contributed by atoms with van der Waals surface area (Å²) in [5, 5.41) is 0. The average Bonchev–Trinajstić information content (AvgIpc) is 2.95. The third-order valence-corrected chi connectivity index (χ3v) is 6.86. The molecule has 2 aromatic carbocycles. The number of sulfonamides is 1. The van der Waals surface area contributed by atoms with Crippen LogP contribution in [-0.4, -0.2) is 25.6 Å². The van der Waals surface area contributed by atoms with E-state index in [0.717, 1.165) is 28.2 Å². The maximum Gasteiger partial charge on any atom is 0.308 e. The number of thiazole rings is 1. The van der Waals surface area contributed by atoms with Crippen LogP contribution in [0, 0.1) is 6.92 Å². The van der Waals surface area contributed by atoms with Gasteiger partial charge in [-0.25, -0.2) is 13.1 Å². The van der Waals surface area contributed by atoms with Gasteiger partial charge in [0.05, 0.1) is 21.2 Å². The largest absolute Gasteiger partial charge is 0.492 e. The average molecular weight is 421 g/mol. The molecule has 0 bridgehead atoms. The normalized spacial score (nSPS) is 13.2. The lowest BCUT2D eigenvalue weighted by molar-refractivity contribution is 0.286. The molecular weight excluding hydrogens is 396 g/mol. The molecule has 1 aromatic heterocycles. The number of nitrogens with zero attached hydrogens (tertiary/aromatic N) is 1. The van der Waals surface area contributed by atoms with Crippen molar-refractivity contribution in [2.45, 2.75) is 44.7 Å². The van der Waals surface area contributed by atoms with Crippen LogP contribution in [0.3, 0.4) is 0 Å². The lowest BCUT2D eigenvalue weighted by Gasteiger charge is -2.16. The van der Waals surface area contributed by atoms with Crippen molar-refractivity contribution >= 4 is 31.6 Å². The Morgan fingerprint density at radius 3 is 2.54 bits per heavy atom. The molecule has 6 nitrogen and oxygen atoms in total. The molecule has 3 rings (SSSR count). The molecule has 0 saturated heterocycles. The zero-order valence-electron chi connectivity index (χ0n) is 16.3. The van der Waals surface area contributed by atoms with Gasteiger partial charge in [0.1, 0.15) is 12.4 Å². The number of ether oxygens (including phenoxy) is 1. The Labute approximate surface area is 168 Å². The number of fused-ring (bicyclic) bond motifs is 1. The highest BCUT2D eigenvalue weighted by atomic mass is 32.2. The molecule has 0 radical (unpaired) electrons. The summed E-state index contributed by atoms with van der Waals surface area (Å²) in [5.41, 5.74) is 1.74. The molecule has 0 spiro atoms. The van der Waals surface area contributed by atoms with E-state index >= 15 is 0 Å². The Kier molecular flexibility index (Phi) is 5.92. The lowest BCUT2D eigenvalue weighted by atomic mass is 10.2. The molecule has 0 aliphatic carbocycles. The van der Waals surface area contributed by atoms with Gasteiger partial charge >= 0.3 is 4.87 Å². The predicted molar refractivity (Wildman–Crippen MR) is 113 cm³/mol. The lowest BCUT2D eigenvalue weighted by Crippen LogP contribution is -2.36. The van der Waals surface area contributed by atoms with Gasteiger partial charge in [0.2, 0.25) is 10.0 Å². The van der Waals surface area contributed by atoms with Crippen LogP contribution in [0.15, 0.2) is 52.2 Å². The Morgan fingerprint density at radius 2 is 1.86 bits per heavy atom. The minimum atomic E-state index is -3.72. The van der Waals surface area contributed by atoms with Gasteiger partial charge < -0.3 is 4.74 Å². The zero-order chi connectivity index (χ0) is 20.5. The topological polar surface area (TPSA) is 77.4 Å². The van der Waals surface area contributed by atoms with E-state index in [1.807, 2.05) is 45.0 Å². The van der Waals surface area contributed by atoms with Crippen LogP contribution in [-0.2, 0) is 10.0 Å². The van der Waals surface area contributed by atoms with Crippen LogP contribution in [0.5, 0.6) is 5.75 Å². The Bertz CT molecular complexity index is 1150. The van der Waals surface area contributed by atoms with E-state index in [9.17, 15) is 13.2 Å². The number of para-hydroxylation sites is 1. The van der Waals surface area contributed by atoms with E-state index < -0.39 is 16.1 Å². The van der Waals surface area contributed by atoms with Crippen molar-refractivity contribution in [3.05, 3.63) is 57.7 Å². The minimum absolute atomic E-state index is 0.0143. The summed E-state index contributed by atoms with van der Waals surface area (Å²) in [4.78, 5) is 12.2. The van der Waals surface area contributed by atoms with Crippen LogP contribution in [0.4, 0.5) is 0 Å². The third-order valence-electron chi connectivity index (χ3n) is 4.35. The van der Waals surface area contributed by atoms with Crippen LogP contribution in [0.2, 0.25) is 0 Å². The molecule has 28 heavy (non-hydrogen) atoms. The van der Waals surface area contributed by atoms with Crippen molar-refractivity contribution in [1.29, 1.82) is 0 Å². The summed E-state index contributed by atoms with van der Waals surface area (Å²) in [6.45, 7) is 7.76. The van der Waals surface area contributed by atoms with Crippen molar-refractivity contribution in [2.24, 2.45) is 0 Å². The van der Waals surface area contributed by atoms with Gasteiger partial charge in [-0.05, 0) is 57.5 Å². The second-order valence-corrected chi connectivity index (χ2v) is 9.77. The zero-order valence-corrected chi connectivity index (χ0v) is 17.9. The Morgan fingerprint density at radius 1 is 1.14 bits per heavy atom. The van der Waals surface area contributed by atoms with E-state index in [2.05, 4.69) is 4.72 Å². The molecule has 0 unspecified atom stereocenters. The number of nitrogens with one attached hydrogen (secondary N) is 1. The monoisotopic (exact) mass is 420 g/mol. The molecule has 1 N–H and O–H groups in total. The van der Waals surface area contributed by atoms with Crippen molar-refractivity contribution in [1.82, 2.24) is 9.29 Å². The quantitative estimate of drug-likeness (QED) is 0.632. The molecule has 8 heteroatoms. The first kappa shape index (κ1) is 20.6. The standard InChI is InChI=1S/C20H24N2O4S2/c1-13(2)22-17-10-9-16(11-19(17)27-20(22)23)28(24,25)21-15(4)12-26-18-8-6-5-7-14(18)3/h5-11,13,15,21H,12H2,1-4H3/t15-/m0/s1. The fourth-order valence-electron chi connectivity index (χ4n) is 2.97. The van der Waals surface area contributed by atoms with Gasteiger partial charge in [0.25, 0.3) is 0 Å². The Balaban J connectivity index is 1.77. The van der Waals surface area contributed by atoms with Crippen LogP contribution in [0.1, 0.15) is 32.4 Å². The first-order valence-electron chi connectivity index (χ1n) is 9.05. The molecule has 0 fully saturated rings. The number of aryl methyl sites for hydroxylation is 1. The van der Waals surface area contributed by atoms with Crippen molar-refractivity contribution < 1.29 is 13.2 Å². The SMILES string of the molecule is Cc1ccccc1OC[C@H](C)NS(=O)(=O)c1ccc2c(c1)sc(=O)n2C(C)C. The third kappa shape index (κ3) is 4.29. The van der Waals surface area contributed by atoms with Crippen molar-refractivity contribution in [2.75, 3.05) is 6.61 Å². The van der Waals surface area contributed by atoms with Gasteiger partial charge in [0, 0.05) is 6.04 Å². The summed E-state index contributed by atoms with van der Waals surface area (Å²) in [6, 6.07) is 12.0. The predicted octanol–water partition coefficient (Wildman–Crippen LogP) is 3.70. The second-order valence-electron chi connectivity index (χ2n) is 7.06. The maximum absolute atomic E-state index is 12.7.